The number of nitrogens with zero attached hydrogens (tertiary/aromatic N) is 2. The van der Waals surface area contributed by atoms with E-state index in [1.54, 1.807) is 23.7 Å². The van der Waals surface area contributed by atoms with Gasteiger partial charge in [0.05, 0.1) is 6.04 Å². The van der Waals surface area contributed by atoms with Crippen molar-refractivity contribution in [3.63, 3.8) is 0 Å². The summed E-state index contributed by atoms with van der Waals surface area (Å²) in [6, 6.07) is 10.1. The molecule has 0 N–H and O–H groups in total. The average molecular weight is 393 g/mol. The van der Waals surface area contributed by atoms with E-state index >= 15 is 0 Å². The molecule has 3 heterocycles. The molecule has 4 rings (SSSR count). The molecule has 1 amide bonds. The Kier molecular flexibility index (Phi) is 5.44. The fraction of sp³-hybridized carbons (Fsp3) is 0.304. The number of carbonyl (C=O) groups is 1. The molecule has 1 aliphatic rings. The molecular formula is C23H24N2O2S. The van der Waals surface area contributed by atoms with Crippen LogP contribution in [0.1, 0.15) is 51.5 Å². The molecule has 0 bridgehead atoms. The molecule has 1 aliphatic heterocycles. The van der Waals surface area contributed by atoms with Gasteiger partial charge in [-0.25, -0.2) is 0 Å². The third-order valence-electron chi connectivity index (χ3n) is 5.25. The van der Waals surface area contributed by atoms with E-state index in [0.29, 0.717) is 6.61 Å². The van der Waals surface area contributed by atoms with Crippen LogP contribution in [0.15, 0.2) is 53.5 Å². The summed E-state index contributed by atoms with van der Waals surface area (Å²) in [5, 5.41) is 4.24. The van der Waals surface area contributed by atoms with Crippen molar-refractivity contribution < 1.29 is 9.53 Å². The number of thiophene rings is 1. The Hall–Kier alpha value is -2.66. The van der Waals surface area contributed by atoms with E-state index in [0.717, 1.165) is 47.4 Å². The van der Waals surface area contributed by atoms with Crippen molar-refractivity contribution in [3.05, 3.63) is 81.3 Å². The maximum atomic E-state index is 13.2. The molecular weight excluding hydrogens is 368 g/mol. The summed E-state index contributed by atoms with van der Waals surface area (Å²) in [5.74, 6) is 0.954. The van der Waals surface area contributed by atoms with Gasteiger partial charge in [-0.15, -0.1) is 0 Å². The molecule has 2 aromatic heterocycles. The molecule has 144 valence electrons. The number of benzene rings is 1. The molecule has 0 spiro atoms. The molecule has 1 unspecified atom stereocenters. The zero-order chi connectivity index (χ0) is 19.5. The lowest BCUT2D eigenvalue weighted by Crippen LogP contribution is -2.30. The van der Waals surface area contributed by atoms with Crippen LogP contribution >= 0.6 is 11.3 Å². The molecule has 5 heteroatoms. The van der Waals surface area contributed by atoms with Gasteiger partial charge in [-0.2, -0.15) is 11.3 Å². The highest BCUT2D eigenvalue weighted by atomic mass is 32.1. The van der Waals surface area contributed by atoms with Crippen molar-refractivity contribution in [2.75, 3.05) is 6.54 Å². The van der Waals surface area contributed by atoms with E-state index < -0.39 is 0 Å². The van der Waals surface area contributed by atoms with Crippen molar-refractivity contribution >= 4 is 17.2 Å². The van der Waals surface area contributed by atoms with E-state index in [9.17, 15) is 4.79 Å². The predicted molar refractivity (Wildman–Crippen MR) is 112 cm³/mol. The van der Waals surface area contributed by atoms with Crippen LogP contribution in [0.3, 0.4) is 0 Å². The van der Waals surface area contributed by atoms with Gasteiger partial charge in [-0.1, -0.05) is 6.07 Å². The number of aromatic nitrogens is 1. The van der Waals surface area contributed by atoms with Gasteiger partial charge < -0.3 is 9.64 Å². The normalized spacial score (nSPS) is 16.4. The number of hydrogen-bond donors (Lipinski definition) is 0. The molecule has 28 heavy (non-hydrogen) atoms. The number of carbonyl (C=O) groups excluding carboxylic acids is 1. The average Bonchev–Trinajstić information content (AvgIpc) is 3.39. The van der Waals surface area contributed by atoms with Crippen LogP contribution in [0.5, 0.6) is 5.75 Å². The summed E-state index contributed by atoms with van der Waals surface area (Å²) in [6.45, 7) is 5.29. The van der Waals surface area contributed by atoms with Crippen LogP contribution < -0.4 is 4.74 Å². The Morgan fingerprint density at radius 2 is 2.11 bits per heavy atom. The second-order valence-electron chi connectivity index (χ2n) is 7.30. The highest BCUT2D eigenvalue weighted by Gasteiger charge is 2.31. The summed E-state index contributed by atoms with van der Waals surface area (Å²) < 4.78 is 6.03. The Bertz CT molecular complexity index is 931. The third kappa shape index (κ3) is 3.80. The maximum absolute atomic E-state index is 13.2. The lowest BCUT2D eigenvalue weighted by atomic mass is 10.0. The summed E-state index contributed by atoms with van der Waals surface area (Å²) in [7, 11) is 0. The maximum Gasteiger partial charge on any atom is 0.254 e. The first-order valence-corrected chi connectivity index (χ1v) is 10.5. The van der Waals surface area contributed by atoms with Crippen LogP contribution in [0.25, 0.3) is 0 Å². The van der Waals surface area contributed by atoms with Crippen molar-refractivity contribution in [1.82, 2.24) is 9.88 Å². The summed E-state index contributed by atoms with van der Waals surface area (Å²) in [6.07, 6.45) is 5.64. The Morgan fingerprint density at radius 3 is 2.79 bits per heavy atom. The van der Waals surface area contributed by atoms with Crippen LogP contribution in [0, 0.1) is 13.8 Å². The van der Waals surface area contributed by atoms with Gasteiger partial charge in [0.15, 0.2) is 0 Å². The second kappa shape index (κ2) is 8.15. The minimum atomic E-state index is 0.110. The minimum absolute atomic E-state index is 0.110. The van der Waals surface area contributed by atoms with Gasteiger partial charge >= 0.3 is 0 Å². The highest BCUT2D eigenvalue weighted by molar-refractivity contribution is 7.08. The number of aryl methyl sites for hydroxylation is 2. The van der Waals surface area contributed by atoms with Crippen LogP contribution in [-0.2, 0) is 6.61 Å². The molecule has 4 nitrogen and oxygen atoms in total. The highest BCUT2D eigenvalue weighted by Crippen LogP contribution is 2.35. The van der Waals surface area contributed by atoms with E-state index in [-0.39, 0.29) is 11.9 Å². The first-order valence-electron chi connectivity index (χ1n) is 9.59. The lowest BCUT2D eigenvalue weighted by Gasteiger charge is -2.25. The zero-order valence-electron chi connectivity index (χ0n) is 16.2. The fourth-order valence-electron chi connectivity index (χ4n) is 3.93. The largest absolute Gasteiger partial charge is 0.488 e. The molecule has 1 saturated heterocycles. The molecule has 3 aromatic rings. The van der Waals surface area contributed by atoms with Crippen molar-refractivity contribution in [2.45, 2.75) is 39.3 Å². The van der Waals surface area contributed by atoms with Gasteiger partial charge in [0, 0.05) is 30.1 Å². The monoisotopic (exact) mass is 392 g/mol. The Labute approximate surface area is 169 Å². The molecule has 1 atom stereocenters. The first kappa shape index (κ1) is 18.7. The molecule has 0 aliphatic carbocycles. The fourth-order valence-corrected chi connectivity index (χ4v) is 4.63. The van der Waals surface area contributed by atoms with Gasteiger partial charge in [-0.05, 0) is 78.4 Å². The number of ether oxygens (including phenoxy) is 1. The standard InChI is InChI=1S/C23H24N2O2S/c1-16-11-20(12-17(2)22(16)27-14-18-5-3-8-24-13-18)23(26)25-9-4-6-21(25)19-7-10-28-15-19/h3,5,7-8,10-13,15,21H,4,6,9,14H2,1-2H3. The number of rotatable bonds is 5. The van der Waals surface area contributed by atoms with Crippen molar-refractivity contribution in [2.24, 2.45) is 0 Å². The number of amides is 1. The quantitative estimate of drug-likeness (QED) is 0.590. The van der Waals surface area contributed by atoms with Crippen LogP contribution in [-0.4, -0.2) is 22.3 Å². The Morgan fingerprint density at radius 1 is 1.29 bits per heavy atom. The van der Waals surface area contributed by atoms with Gasteiger partial charge in [-0.3, -0.25) is 9.78 Å². The van der Waals surface area contributed by atoms with E-state index in [1.165, 1.54) is 5.56 Å². The lowest BCUT2D eigenvalue weighted by molar-refractivity contribution is 0.0735. The third-order valence-corrected chi connectivity index (χ3v) is 5.96. The zero-order valence-corrected chi connectivity index (χ0v) is 17.0. The Balaban J connectivity index is 1.53. The van der Waals surface area contributed by atoms with Gasteiger partial charge in [0.2, 0.25) is 0 Å². The first-order chi connectivity index (χ1) is 13.6. The van der Waals surface area contributed by atoms with Crippen LogP contribution in [0.2, 0.25) is 0 Å². The SMILES string of the molecule is Cc1cc(C(=O)N2CCCC2c2ccsc2)cc(C)c1OCc1cccnc1. The van der Waals surface area contributed by atoms with Gasteiger partial charge in [0.1, 0.15) is 12.4 Å². The number of pyridine rings is 1. The smallest absolute Gasteiger partial charge is 0.254 e. The van der Waals surface area contributed by atoms with Crippen molar-refractivity contribution in [3.8, 4) is 5.75 Å². The topological polar surface area (TPSA) is 42.4 Å². The molecule has 0 radical (unpaired) electrons. The number of likely N-dealkylation sites (tertiary alicyclic amines) is 1. The minimum Gasteiger partial charge on any atom is -0.488 e. The van der Waals surface area contributed by atoms with E-state index in [2.05, 4.69) is 21.8 Å². The van der Waals surface area contributed by atoms with E-state index in [1.807, 2.05) is 43.0 Å². The molecule has 1 aromatic carbocycles. The molecule has 0 saturated carbocycles. The summed E-state index contributed by atoms with van der Waals surface area (Å²) in [5.41, 5.74) is 4.99. The summed E-state index contributed by atoms with van der Waals surface area (Å²) >= 11 is 1.69. The van der Waals surface area contributed by atoms with E-state index in [4.69, 9.17) is 4.74 Å². The second-order valence-corrected chi connectivity index (χ2v) is 8.08. The molecule has 1 fully saturated rings. The summed E-state index contributed by atoms with van der Waals surface area (Å²) in [4.78, 5) is 19.4. The predicted octanol–water partition coefficient (Wildman–Crippen LogP) is 5.32. The van der Waals surface area contributed by atoms with Gasteiger partial charge in [0.25, 0.3) is 5.91 Å². The number of hydrogen-bond acceptors (Lipinski definition) is 4. The van der Waals surface area contributed by atoms with Crippen molar-refractivity contribution in [1.29, 1.82) is 0 Å². The van der Waals surface area contributed by atoms with Crippen LogP contribution in [0.4, 0.5) is 0 Å².